The summed E-state index contributed by atoms with van der Waals surface area (Å²) in [6, 6.07) is 0.508. The van der Waals surface area contributed by atoms with Crippen molar-refractivity contribution in [2.75, 3.05) is 39.9 Å². The predicted molar refractivity (Wildman–Crippen MR) is 85.1 cm³/mol. The van der Waals surface area contributed by atoms with Gasteiger partial charge in [-0.25, -0.2) is 0 Å². The number of carbonyl (C=O) groups is 2. The number of hydrogen-bond acceptors (Lipinski definition) is 4. The van der Waals surface area contributed by atoms with E-state index >= 15 is 0 Å². The van der Waals surface area contributed by atoms with Gasteiger partial charge >= 0.3 is 5.97 Å². The molecular formula is C17H28N2O4. The van der Waals surface area contributed by atoms with Gasteiger partial charge in [0, 0.05) is 37.8 Å². The summed E-state index contributed by atoms with van der Waals surface area (Å²) < 4.78 is 5.41. The number of amides is 1. The monoisotopic (exact) mass is 324 g/mol. The molecule has 0 radical (unpaired) electrons. The number of carboxylic acids is 1. The number of rotatable bonds is 4. The van der Waals surface area contributed by atoms with Crippen molar-refractivity contribution in [3.05, 3.63) is 0 Å². The van der Waals surface area contributed by atoms with Crippen LogP contribution in [0.25, 0.3) is 0 Å². The number of carbonyl (C=O) groups excluding carboxylic acids is 1. The van der Waals surface area contributed by atoms with Gasteiger partial charge in [0.1, 0.15) is 0 Å². The largest absolute Gasteiger partial charge is 0.481 e. The van der Waals surface area contributed by atoms with Gasteiger partial charge in [-0.3, -0.25) is 14.5 Å². The molecule has 1 N–H and O–H groups in total. The number of hydrogen-bond donors (Lipinski definition) is 1. The predicted octanol–water partition coefficient (Wildman–Crippen LogP) is 1.20. The molecule has 6 nitrogen and oxygen atoms in total. The van der Waals surface area contributed by atoms with Gasteiger partial charge in [-0.1, -0.05) is 12.8 Å². The molecule has 6 heteroatoms. The van der Waals surface area contributed by atoms with Crippen LogP contribution in [0, 0.1) is 11.3 Å². The lowest BCUT2D eigenvalue weighted by molar-refractivity contribution is -0.146. The molecule has 3 rings (SSSR count). The summed E-state index contributed by atoms with van der Waals surface area (Å²) in [7, 11) is 2.02. The lowest BCUT2D eigenvalue weighted by atomic mass is 9.72. The number of likely N-dealkylation sites (tertiary alicyclic amines) is 1. The fourth-order valence-electron chi connectivity index (χ4n) is 4.57. The fraction of sp³-hybridized carbons (Fsp3) is 0.882. The Morgan fingerprint density at radius 3 is 2.52 bits per heavy atom. The van der Waals surface area contributed by atoms with Gasteiger partial charge in [-0.05, 0) is 32.7 Å². The van der Waals surface area contributed by atoms with Crippen molar-refractivity contribution >= 4 is 11.9 Å². The van der Waals surface area contributed by atoms with Crippen LogP contribution in [0.4, 0.5) is 0 Å². The molecule has 1 amide bonds. The van der Waals surface area contributed by atoms with E-state index in [0.717, 1.165) is 12.8 Å². The number of aliphatic carboxylic acids is 1. The first-order chi connectivity index (χ1) is 11.0. The second-order valence-corrected chi connectivity index (χ2v) is 7.49. The van der Waals surface area contributed by atoms with Crippen LogP contribution in [0.5, 0.6) is 0 Å². The van der Waals surface area contributed by atoms with Crippen LogP contribution in [-0.2, 0) is 14.3 Å². The van der Waals surface area contributed by atoms with Crippen LogP contribution in [0.2, 0.25) is 0 Å². The van der Waals surface area contributed by atoms with Gasteiger partial charge in [0.2, 0.25) is 5.91 Å². The maximum atomic E-state index is 12.7. The molecular weight excluding hydrogens is 296 g/mol. The zero-order valence-electron chi connectivity index (χ0n) is 14.0. The van der Waals surface area contributed by atoms with E-state index in [0.29, 0.717) is 38.9 Å². The minimum atomic E-state index is -0.772. The molecule has 0 aromatic heterocycles. The van der Waals surface area contributed by atoms with Crippen LogP contribution in [0.1, 0.15) is 38.5 Å². The van der Waals surface area contributed by atoms with E-state index in [9.17, 15) is 14.7 Å². The lowest BCUT2D eigenvalue weighted by Gasteiger charge is -2.36. The molecule has 1 atom stereocenters. The van der Waals surface area contributed by atoms with E-state index in [1.807, 2.05) is 7.05 Å². The van der Waals surface area contributed by atoms with Crippen LogP contribution < -0.4 is 0 Å². The minimum absolute atomic E-state index is 0.0778. The Morgan fingerprint density at radius 2 is 1.91 bits per heavy atom. The van der Waals surface area contributed by atoms with Crippen LogP contribution in [0.3, 0.4) is 0 Å². The molecule has 1 unspecified atom stereocenters. The van der Waals surface area contributed by atoms with Crippen molar-refractivity contribution in [1.82, 2.24) is 9.80 Å². The van der Waals surface area contributed by atoms with Crippen molar-refractivity contribution in [2.24, 2.45) is 11.3 Å². The standard InChI is InChI=1S/C17H28N2O4/c1-18(13-4-2-3-5-13)11-15(20)19-10-14(16(21)22)17(12-19)6-8-23-9-7-17/h13-14H,2-12H2,1H3,(H,21,22). The highest BCUT2D eigenvalue weighted by atomic mass is 16.5. The topological polar surface area (TPSA) is 70.1 Å². The highest BCUT2D eigenvalue weighted by Crippen LogP contribution is 2.44. The molecule has 0 bridgehead atoms. The first-order valence-corrected chi connectivity index (χ1v) is 8.80. The molecule has 0 aromatic carbocycles. The Morgan fingerprint density at radius 1 is 1.26 bits per heavy atom. The third kappa shape index (κ3) is 3.38. The van der Waals surface area contributed by atoms with Gasteiger partial charge in [-0.2, -0.15) is 0 Å². The first kappa shape index (κ1) is 16.7. The SMILES string of the molecule is CN(CC(=O)N1CC(C(=O)O)C2(CCOCC2)C1)C1CCCC1. The smallest absolute Gasteiger partial charge is 0.308 e. The Balaban J connectivity index is 1.63. The van der Waals surface area contributed by atoms with Gasteiger partial charge in [-0.15, -0.1) is 0 Å². The second kappa shape index (κ2) is 6.77. The third-order valence-corrected chi connectivity index (χ3v) is 6.12. The molecule has 3 aliphatic rings. The average molecular weight is 324 g/mol. The molecule has 1 aliphatic carbocycles. The first-order valence-electron chi connectivity index (χ1n) is 8.80. The average Bonchev–Trinajstić information content (AvgIpc) is 3.16. The van der Waals surface area contributed by atoms with Crippen molar-refractivity contribution < 1.29 is 19.4 Å². The highest BCUT2D eigenvalue weighted by Gasteiger charge is 2.51. The van der Waals surface area contributed by atoms with Gasteiger partial charge in [0.15, 0.2) is 0 Å². The summed E-state index contributed by atoms with van der Waals surface area (Å²) in [5.41, 5.74) is -0.286. The molecule has 1 saturated carbocycles. The Bertz CT molecular complexity index is 456. The number of likely N-dealkylation sites (N-methyl/N-ethyl adjacent to an activating group) is 1. The molecule has 1 spiro atoms. The Labute approximate surface area is 137 Å². The minimum Gasteiger partial charge on any atom is -0.481 e. The molecule has 2 aliphatic heterocycles. The van der Waals surface area contributed by atoms with Crippen molar-refractivity contribution in [1.29, 1.82) is 0 Å². The van der Waals surface area contributed by atoms with Gasteiger partial charge in [0.25, 0.3) is 0 Å². The van der Waals surface area contributed by atoms with Crippen LogP contribution in [0.15, 0.2) is 0 Å². The molecule has 0 aromatic rings. The molecule has 2 heterocycles. The summed E-state index contributed by atoms with van der Waals surface area (Å²) in [6.45, 7) is 2.54. The molecule has 23 heavy (non-hydrogen) atoms. The fourth-order valence-corrected chi connectivity index (χ4v) is 4.57. The summed E-state index contributed by atoms with van der Waals surface area (Å²) in [6.07, 6.45) is 6.32. The van der Waals surface area contributed by atoms with E-state index in [4.69, 9.17) is 4.74 Å². The number of nitrogens with zero attached hydrogens (tertiary/aromatic N) is 2. The van der Waals surface area contributed by atoms with E-state index in [-0.39, 0.29) is 11.3 Å². The summed E-state index contributed by atoms with van der Waals surface area (Å²) in [4.78, 5) is 28.3. The van der Waals surface area contributed by atoms with E-state index in [2.05, 4.69) is 4.90 Å². The second-order valence-electron chi connectivity index (χ2n) is 7.49. The normalized spacial score (nSPS) is 27.9. The zero-order chi connectivity index (χ0) is 16.4. The zero-order valence-corrected chi connectivity index (χ0v) is 14.0. The third-order valence-electron chi connectivity index (χ3n) is 6.12. The van der Waals surface area contributed by atoms with Crippen molar-refractivity contribution in [3.63, 3.8) is 0 Å². The van der Waals surface area contributed by atoms with Crippen molar-refractivity contribution in [3.8, 4) is 0 Å². The maximum Gasteiger partial charge on any atom is 0.308 e. The van der Waals surface area contributed by atoms with Crippen molar-refractivity contribution in [2.45, 2.75) is 44.6 Å². The van der Waals surface area contributed by atoms with Crippen LogP contribution >= 0.6 is 0 Å². The summed E-state index contributed by atoms with van der Waals surface area (Å²) >= 11 is 0. The lowest BCUT2D eigenvalue weighted by Crippen LogP contribution is -2.42. The van der Waals surface area contributed by atoms with Gasteiger partial charge < -0.3 is 14.7 Å². The van der Waals surface area contributed by atoms with Gasteiger partial charge in [0.05, 0.1) is 12.5 Å². The number of carboxylic acid groups (broad SMARTS) is 1. The summed E-state index contributed by atoms with van der Waals surface area (Å²) in [5.74, 6) is -1.15. The molecule has 2 saturated heterocycles. The maximum absolute atomic E-state index is 12.7. The molecule has 130 valence electrons. The molecule has 3 fully saturated rings. The van der Waals surface area contributed by atoms with E-state index < -0.39 is 11.9 Å². The van der Waals surface area contributed by atoms with E-state index in [1.165, 1.54) is 25.7 Å². The van der Waals surface area contributed by atoms with Crippen LogP contribution in [-0.4, -0.2) is 72.7 Å². The highest BCUT2D eigenvalue weighted by molar-refractivity contribution is 5.81. The van der Waals surface area contributed by atoms with E-state index in [1.54, 1.807) is 4.90 Å². The quantitative estimate of drug-likeness (QED) is 0.841. The Kier molecular flexibility index (Phi) is 4.92. The number of ether oxygens (including phenoxy) is 1. The Hall–Kier alpha value is -1.14. The summed E-state index contributed by atoms with van der Waals surface area (Å²) in [5, 5.41) is 9.60.